The van der Waals surface area contributed by atoms with Gasteiger partial charge in [0.25, 0.3) is 0 Å². The molecular weight excluding hydrogens is 202 g/mol. The summed E-state index contributed by atoms with van der Waals surface area (Å²) in [5.41, 5.74) is -0.367. The highest BCUT2D eigenvalue weighted by Crippen LogP contribution is 2.20. The van der Waals surface area contributed by atoms with Crippen molar-refractivity contribution < 1.29 is 9.84 Å². The van der Waals surface area contributed by atoms with Gasteiger partial charge in [0.15, 0.2) is 0 Å². The second-order valence-corrected chi connectivity index (χ2v) is 5.04. The third-order valence-electron chi connectivity index (χ3n) is 2.97. The average molecular weight is 225 g/mol. The Morgan fingerprint density at radius 2 is 2.12 bits per heavy atom. The van der Waals surface area contributed by atoms with Gasteiger partial charge in [0, 0.05) is 6.54 Å². The predicted octanol–water partition coefficient (Wildman–Crippen LogP) is 1.31. The Labute approximate surface area is 98.6 Å². The first-order valence-corrected chi connectivity index (χ1v) is 6.06. The summed E-state index contributed by atoms with van der Waals surface area (Å²) in [7, 11) is 0. The molecular formula is C13H23NO2. The number of ether oxygens (including phenoxy) is 1. The van der Waals surface area contributed by atoms with E-state index in [0.29, 0.717) is 19.3 Å². The fourth-order valence-corrected chi connectivity index (χ4v) is 1.79. The molecule has 3 nitrogen and oxygen atoms in total. The molecule has 3 heteroatoms. The molecule has 0 aromatic carbocycles. The molecule has 0 radical (unpaired) electrons. The highest BCUT2D eigenvalue weighted by Gasteiger charge is 2.18. The van der Waals surface area contributed by atoms with E-state index >= 15 is 0 Å². The molecule has 1 unspecified atom stereocenters. The van der Waals surface area contributed by atoms with Gasteiger partial charge in [0.2, 0.25) is 0 Å². The van der Waals surface area contributed by atoms with Gasteiger partial charge in [-0.2, -0.15) is 0 Å². The van der Waals surface area contributed by atoms with Gasteiger partial charge < -0.3 is 9.84 Å². The zero-order valence-corrected chi connectivity index (χ0v) is 10.3. The van der Waals surface area contributed by atoms with Gasteiger partial charge in [-0.25, -0.2) is 0 Å². The minimum Gasteiger partial charge on any atom is -0.389 e. The summed E-state index contributed by atoms with van der Waals surface area (Å²) in [5.74, 6) is 2.63. The molecule has 1 atom stereocenters. The molecule has 1 rings (SSSR count). The van der Waals surface area contributed by atoms with Gasteiger partial charge in [0.1, 0.15) is 0 Å². The van der Waals surface area contributed by atoms with Crippen molar-refractivity contribution in [3.8, 4) is 12.3 Å². The number of terminal acetylenes is 1. The smallest absolute Gasteiger partial charge is 0.0898 e. The molecule has 2 N–H and O–H groups in total. The zero-order valence-electron chi connectivity index (χ0n) is 10.3. The van der Waals surface area contributed by atoms with Crippen molar-refractivity contribution in [3.05, 3.63) is 0 Å². The van der Waals surface area contributed by atoms with Gasteiger partial charge in [0.05, 0.1) is 24.4 Å². The minimum atomic E-state index is -0.478. The van der Waals surface area contributed by atoms with Gasteiger partial charge in [-0.05, 0) is 26.7 Å². The van der Waals surface area contributed by atoms with Crippen LogP contribution >= 0.6 is 0 Å². The maximum absolute atomic E-state index is 9.71. The maximum atomic E-state index is 9.71. The first-order valence-electron chi connectivity index (χ1n) is 6.06. The van der Waals surface area contributed by atoms with E-state index in [4.69, 9.17) is 11.2 Å². The van der Waals surface area contributed by atoms with Crippen molar-refractivity contribution in [1.82, 2.24) is 5.32 Å². The first-order chi connectivity index (χ1) is 7.53. The van der Waals surface area contributed by atoms with Crippen molar-refractivity contribution in [3.63, 3.8) is 0 Å². The highest BCUT2D eigenvalue weighted by molar-refractivity contribution is 5.07. The predicted molar refractivity (Wildman–Crippen MR) is 65.1 cm³/mol. The lowest BCUT2D eigenvalue weighted by Gasteiger charge is -2.22. The van der Waals surface area contributed by atoms with Gasteiger partial charge in [-0.15, -0.1) is 6.42 Å². The van der Waals surface area contributed by atoms with Crippen LogP contribution in [0.25, 0.3) is 0 Å². The number of β-amino-alcohol motifs (C(OH)–C–C–N with tert-alkyl or cyclic N) is 1. The lowest BCUT2D eigenvalue weighted by atomic mass is 10.1. The van der Waals surface area contributed by atoms with Crippen LogP contribution in [0, 0.1) is 12.3 Å². The summed E-state index contributed by atoms with van der Waals surface area (Å²) in [4.78, 5) is 0. The number of rotatable bonds is 6. The molecule has 0 aromatic rings. The Morgan fingerprint density at radius 3 is 2.69 bits per heavy atom. The monoisotopic (exact) mass is 225 g/mol. The molecule has 1 aliphatic carbocycles. The third kappa shape index (κ3) is 4.98. The summed E-state index contributed by atoms with van der Waals surface area (Å²) >= 11 is 0. The van der Waals surface area contributed by atoms with Crippen LogP contribution in [0.5, 0.6) is 0 Å². The van der Waals surface area contributed by atoms with Crippen molar-refractivity contribution in [2.75, 3.05) is 13.2 Å². The minimum absolute atomic E-state index is 0.357. The number of aliphatic hydroxyl groups is 1. The van der Waals surface area contributed by atoms with Gasteiger partial charge in [-0.1, -0.05) is 18.8 Å². The number of nitrogens with one attached hydrogen (secondary N) is 1. The number of hydrogen-bond acceptors (Lipinski definition) is 3. The molecule has 1 saturated carbocycles. The van der Waals surface area contributed by atoms with Crippen molar-refractivity contribution in [1.29, 1.82) is 0 Å². The summed E-state index contributed by atoms with van der Waals surface area (Å²) in [6, 6.07) is 0. The fraction of sp³-hybridized carbons (Fsp3) is 0.846. The molecule has 1 fully saturated rings. The molecule has 0 spiro atoms. The Bertz CT molecular complexity index is 239. The van der Waals surface area contributed by atoms with E-state index in [2.05, 4.69) is 11.2 Å². The van der Waals surface area contributed by atoms with E-state index in [1.165, 1.54) is 12.8 Å². The number of hydrogen-bond donors (Lipinski definition) is 2. The van der Waals surface area contributed by atoms with E-state index in [1.807, 2.05) is 13.8 Å². The van der Waals surface area contributed by atoms with Crippen LogP contribution in [0.2, 0.25) is 0 Å². The van der Waals surface area contributed by atoms with E-state index < -0.39 is 6.10 Å². The van der Waals surface area contributed by atoms with Crippen molar-refractivity contribution >= 4 is 0 Å². The molecule has 0 saturated heterocycles. The Hall–Kier alpha value is -0.560. The van der Waals surface area contributed by atoms with Crippen LogP contribution in [0.4, 0.5) is 0 Å². The van der Waals surface area contributed by atoms with Crippen LogP contribution in [0.3, 0.4) is 0 Å². The van der Waals surface area contributed by atoms with Gasteiger partial charge >= 0.3 is 0 Å². The summed E-state index contributed by atoms with van der Waals surface area (Å²) in [6.07, 6.45) is 9.99. The Balaban J connectivity index is 2.11. The Morgan fingerprint density at radius 1 is 1.50 bits per heavy atom. The van der Waals surface area contributed by atoms with Crippen LogP contribution in [-0.4, -0.2) is 36.0 Å². The van der Waals surface area contributed by atoms with E-state index in [0.717, 1.165) is 12.8 Å². The van der Waals surface area contributed by atoms with Crippen LogP contribution in [0.15, 0.2) is 0 Å². The van der Waals surface area contributed by atoms with Crippen LogP contribution in [0.1, 0.15) is 39.5 Å². The van der Waals surface area contributed by atoms with Crippen LogP contribution in [-0.2, 0) is 4.74 Å². The third-order valence-corrected chi connectivity index (χ3v) is 2.97. The molecule has 1 aliphatic rings. The summed E-state index contributed by atoms with van der Waals surface area (Å²) in [5, 5.41) is 12.8. The normalized spacial score (nSPS) is 19.6. The lowest BCUT2D eigenvalue weighted by molar-refractivity contribution is -0.00663. The van der Waals surface area contributed by atoms with Crippen molar-refractivity contribution in [2.45, 2.75) is 57.3 Å². The fourth-order valence-electron chi connectivity index (χ4n) is 1.79. The molecule has 0 aliphatic heterocycles. The largest absolute Gasteiger partial charge is 0.389 e. The quantitative estimate of drug-likeness (QED) is 0.670. The Kier molecular flexibility index (Phi) is 5.27. The molecule has 0 aromatic heterocycles. The second-order valence-electron chi connectivity index (χ2n) is 5.04. The van der Waals surface area contributed by atoms with Gasteiger partial charge in [-0.3, -0.25) is 5.32 Å². The average Bonchev–Trinajstić information content (AvgIpc) is 2.76. The topological polar surface area (TPSA) is 41.5 Å². The molecule has 92 valence electrons. The molecule has 0 bridgehead atoms. The second kappa shape index (κ2) is 6.24. The molecule has 16 heavy (non-hydrogen) atoms. The van der Waals surface area contributed by atoms with E-state index in [-0.39, 0.29) is 5.54 Å². The van der Waals surface area contributed by atoms with Crippen LogP contribution < -0.4 is 5.32 Å². The molecule has 0 amide bonds. The van der Waals surface area contributed by atoms with Crippen molar-refractivity contribution in [2.24, 2.45) is 0 Å². The first kappa shape index (κ1) is 13.5. The highest BCUT2D eigenvalue weighted by atomic mass is 16.5. The zero-order chi connectivity index (χ0) is 12.0. The SMILES string of the molecule is C#CC(C)(C)NCC(O)COC1CCCC1. The van der Waals surface area contributed by atoms with E-state index in [1.54, 1.807) is 0 Å². The lowest BCUT2D eigenvalue weighted by Crippen LogP contribution is -2.43. The van der Waals surface area contributed by atoms with E-state index in [9.17, 15) is 5.11 Å². The standard InChI is InChI=1S/C13H23NO2/c1-4-13(2,3)14-9-11(15)10-16-12-7-5-6-8-12/h1,11-12,14-15H,5-10H2,2-3H3. The number of aliphatic hydroxyl groups excluding tert-OH is 1. The maximum Gasteiger partial charge on any atom is 0.0898 e. The summed E-state index contributed by atoms with van der Waals surface area (Å²) < 4.78 is 5.62. The molecule has 0 heterocycles. The summed E-state index contributed by atoms with van der Waals surface area (Å²) in [6.45, 7) is 4.71.